The van der Waals surface area contributed by atoms with Crippen molar-refractivity contribution in [2.45, 2.75) is 31.1 Å². The molecular weight excluding hydrogens is 505 g/mol. The summed E-state index contributed by atoms with van der Waals surface area (Å²) in [4.78, 5) is 25.3. The van der Waals surface area contributed by atoms with Crippen molar-refractivity contribution in [2.24, 2.45) is 5.73 Å². The normalized spacial score (nSPS) is 17.7. The number of carbonyl (C=O) groups is 2. The van der Waals surface area contributed by atoms with Gasteiger partial charge in [0.2, 0.25) is 5.91 Å². The van der Waals surface area contributed by atoms with E-state index in [4.69, 9.17) is 10.5 Å². The van der Waals surface area contributed by atoms with Gasteiger partial charge in [-0.05, 0) is 40.6 Å². The summed E-state index contributed by atoms with van der Waals surface area (Å²) in [7, 11) is 1.48. The van der Waals surface area contributed by atoms with Gasteiger partial charge in [-0.15, -0.1) is 5.10 Å². The van der Waals surface area contributed by atoms with Gasteiger partial charge in [-0.25, -0.2) is 4.79 Å². The number of rotatable bonds is 8. The van der Waals surface area contributed by atoms with Crippen molar-refractivity contribution < 1.29 is 27.5 Å². The average molecular weight is 533 g/mol. The summed E-state index contributed by atoms with van der Waals surface area (Å²) in [5.41, 5.74) is 6.87. The summed E-state index contributed by atoms with van der Waals surface area (Å²) < 4.78 is 46.1. The summed E-state index contributed by atoms with van der Waals surface area (Å²) in [6, 6.07) is 13.4. The third kappa shape index (κ3) is 6.19. The quantitative estimate of drug-likeness (QED) is 0.402. The first-order valence-electron chi connectivity index (χ1n) is 11.8. The minimum Gasteiger partial charge on any atom is -0.496 e. The van der Waals surface area contributed by atoms with E-state index >= 15 is 0 Å². The molecule has 38 heavy (non-hydrogen) atoms. The number of aromatic nitrogens is 4. The highest BCUT2D eigenvalue weighted by molar-refractivity contribution is 5.83. The standard InChI is InChI=1S/C24H27F3N8O3/c1-38-20-8-7-17(35-22(24(25,26)27)31-32-33-35)11-16(20)12-29-19-9-10-34(21(36)13-30-23(28)37)14-18(19)15-5-3-2-4-6-15/h2-8,11,18-19,29H,9-10,12-14H2,1H3,(H3,28,30,37)/t18-,19?/m0/s1. The Morgan fingerprint density at radius 3 is 2.63 bits per heavy atom. The van der Waals surface area contributed by atoms with Crippen molar-refractivity contribution in [1.29, 1.82) is 0 Å². The second kappa shape index (κ2) is 11.5. The lowest BCUT2D eigenvalue weighted by atomic mass is 9.85. The number of amides is 3. The van der Waals surface area contributed by atoms with Crippen LogP contribution >= 0.6 is 0 Å². The fourth-order valence-electron chi connectivity index (χ4n) is 4.55. The molecule has 1 unspecified atom stereocenters. The van der Waals surface area contributed by atoms with Crippen LogP contribution in [0.15, 0.2) is 48.5 Å². The molecule has 4 rings (SSSR count). The predicted octanol–water partition coefficient (Wildman–Crippen LogP) is 1.83. The van der Waals surface area contributed by atoms with Gasteiger partial charge in [0.25, 0.3) is 5.82 Å². The Morgan fingerprint density at radius 1 is 1.18 bits per heavy atom. The van der Waals surface area contributed by atoms with Crippen molar-refractivity contribution in [3.63, 3.8) is 0 Å². The van der Waals surface area contributed by atoms with Crippen LogP contribution in [-0.2, 0) is 17.5 Å². The number of benzene rings is 2. The molecule has 0 radical (unpaired) electrons. The molecular formula is C24H27F3N8O3. The zero-order valence-electron chi connectivity index (χ0n) is 20.5. The van der Waals surface area contributed by atoms with E-state index in [0.717, 1.165) is 5.56 Å². The second-order valence-electron chi connectivity index (χ2n) is 8.76. The van der Waals surface area contributed by atoms with E-state index < -0.39 is 18.0 Å². The molecule has 4 N–H and O–H groups in total. The SMILES string of the molecule is COc1ccc(-n2nnnc2C(F)(F)F)cc1CNC1CCN(C(=O)CNC(N)=O)C[C@H]1c1ccccc1. The van der Waals surface area contributed by atoms with Gasteiger partial charge in [-0.3, -0.25) is 4.79 Å². The van der Waals surface area contributed by atoms with Crippen LogP contribution in [0, 0.1) is 0 Å². The highest BCUT2D eigenvalue weighted by Gasteiger charge is 2.38. The number of hydrogen-bond acceptors (Lipinski definition) is 7. The zero-order valence-corrected chi connectivity index (χ0v) is 20.5. The number of urea groups is 1. The number of alkyl halides is 3. The number of nitrogens with one attached hydrogen (secondary N) is 2. The largest absolute Gasteiger partial charge is 0.496 e. The molecule has 2 atom stereocenters. The van der Waals surface area contributed by atoms with E-state index in [1.165, 1.54) is 13.2 Å². The van der Waals surface area contributed by atoms with Gasteiger partial charge in [0.15, 0.2) is 0 Å². The Labute approximate surface area is 216 Å². The molecule has 3 amide bonds. The fraction of sp³-hybridized carbons (Fsp3) is 0.375. The lowest BCUT2D eigenvalue weighted by Gasteiger charge is -2.39. The summed E-state index contributed by atoms with van der Waals surface area (Å²) in [6.45, 7) is 0.969. The van der Waals surface area contributed by atoms with Crippen molar-refractivity contribution in [3.05, 3.63) is 65.5 Å². The molecule has 0 bridgehead atoms. The number of tetrazole rings is 1. The van der Waals surface area contributed by atoms with E-state index in [2.05, 4.69) is 26.2 Å². The predicted molar refractivity (Wildman–Crippen MR) is 129 cm³/mol. The van der Waals surface area contributed by atoms with Crippen LogP contribution < -0.4 is 21.1 Å². The monoisotopic (exact) mass is 532 g/mol. The highest BCUT2D eigenvalue weighted by Crippen LogP contribution is 2.31. The van der Waals surface area contributed by atoms with Crippen LogP contribution in [0.5, 0.6) is 5.75 Å². The molecule has 1 aliphatic rings. The smallest absolute Gasteiger partial charge is 0.453 e. The van der Waals surface area contributed by atoms with E-state index in [0.29, 0.717) is 35.5 Å². The lowest BCUT2D eigenvalue weighted by Crippen LogP contribution is -2.52. The van der Waals surface area contributed by atoms with Crippen LogP contribution in [0.3, 0.4) is 0 Å². The van der Waals surface area contributed by atoms with Gasteiger partial charge < -0.3 is 26.0 Å². The fourth-order valence-corrected chi connectivity index (χ4v) is 4.55. The number of nitrogens with zero attached hydrogens (tertiary/aromatic N) is 5. The topological polar surface area (TPSA) is 140 Å². The van der Waals surface area contributed by atoms with E-state index in [-0.39, 0.29) is 36.6 Å². The first-order chi connectivity index (χ1) is 18.2. The Morgan fingerprint density at radius 2 is 1.95 bits per heavy atom. The minimum absolute atomic E-state index is 0.0577. The van der Waals surface area contributed by atoms with Gasteiger partial charge in [0.1, 0.15) is 5.75 Å². The molecule has 0 spiro atoms. The number of carbonyl (C=O) groups excluding carboxylic acids is 2. The molecule has 202 valence electrons. The molecule has 11 nitrogen and oxygen atoms in total. The van der Waals surface area contributed by atoms with Gasteiger partial charge in [-0.2, -0.15) is 17.9 Å². The lowest BCUT2D eigenvalue weighted by molar-refractivity contribution is -0.146. The molecule has 1 saturated heterocycles. The molecule has 0 saturated carbocycles. The molecule has 0 aliphatic carbocycles. The number of likely N-dealkylation sites (tertiary alicyclic amines) is 1. The molecule has 1 aliphatic heterocycles. The number of halogens is 3. The Bertz CT molecular complexity index is 1270. The second-order valence-corrected chi connectivity index (χ2v) is 8.76. The van der Waals surface area contributed by atoms with Crippen LogP contribution in [0.25, 0.3) is 5.69 Å². The maximum absolute atomic E-state index is 13.3. The summed E-state index contributed by atoms with van der Waals surface area (Å²) in [5, 5.41) is 15.6. The number of nitrogens with two attached hydrogens (primary N) is 1. The van der Waals surface area contributed by atoms with Gasteiger partial charge in [0, 0.05) is 37.2 Å². The van der Waals surface area contributed by atoms with E-state index in [1.807, 2.05) is 30.3 Å². The highest BCUT2D eigenvalue weighted by atomic mass is 19.4. The van der Waals surface area contributed by atoms with Crippen LogP contribution in [0.4, 0.5) is 18.0 Å². The van der Waals surface area contributed by atoms with Crippen molar-refractivity contribution >= 4 is 11.9 Å². The van der Waals surface area contributed by atoms with Crippen LogP contribution in [0.2, 0.25) is 0 Å². The molecule has 14 heteroatoms. The van der Waals surface area contributed by atoms with Gasteiger partial charge >= 0.3 is 12.2 Å². The van der Waals surface area contributed by atoms with Gasteiger partial charge in [0.05, 0.1) is 19.3 Å². The zero-order chi connectivity index (χ0) is 27.3. The summed E-state index contributed by atoms with van der Waals surface area (Å²) in [5.74, 6) is -1.05. The Hall–Kier alpha value is -4.20. The first kappa shape index (κ1) is 26.9. The van der Waals surface area contributed by atoms with E-state index in [1.54, 1.807) is 17.0 Å². The van der Waals surface area contributed by atoms with Gasteiger partial charge in [-0.1, -0.05) is 30.3 Å². The van der Waals surface area contributed by atoms with Crippen molar-refractivity contribution in [1.82, 2.24) is 35.7 Å². The van der Waals surface area contributed by atoms with Crippen LogP contribution in [-0.4, -0.2) is 69.8 Å². The molecule has 2 heterocycles. The number of primary amides is 1. The molecule has 1 aromatic heterocycles. The summed E-state index contributed by atoms with van der Waals surface area (Å²) >= 11 is 0. The van der Waals surface area contributed by atoms with Crippen LogP contribution in [0.1, 0.15) is 29.3 Å². The van der Waals surface area contributed by atoms with Crippen molar-refractivity contribution in [3.8, 4) is 11.4 Å². The Kier molecular flexibility index (Phi) is 8.10. The number of hydrogen-bond donors (Lipinski definition) is 3. The molecule has 1 fully saturated rings. The molecule has 2 aromatic carbocycles. The number of ether oxygens (including phenoxy) is 1. The number of piperidine rings is 1. The number of methoxy groups -OCH3 is 1. The van der Waals surface area contributed by atoms with E-state index in [9.17, 15) is 22.8 Å². The maximum Gasteiger partial charge on any atom is 0.453 e. The third-order valence-electron chi connectivity index (χ3n) is 6.39. The summed E-state index contributed by atoms with van der Waals surface area (Å²) in [6.07, 6.45) is -4.11. The average Bonchev–Trinajstić information content (AvgIpc) is 3.42. The molecule has 3 aromatic rings. The Balaban J connectivity index is 1.54. The first-order valence-corrected chi connectivity index (χ1v) is 11.8. The third-order valence-corrected chi connectivity index (χ3v) is 6.39. The van der Waals surface area contributed by atoms with Crippen molar-refractivity contribution in [2.75, 3.05) is 26.7 Å². The maximum atomic E-state index is 13.3. The minimum atomic E-state index is -4.72.